The van der Waals surface area contributed by atoms with Crippen molar-refractivity contribution in [3.63, 3.8) is 0 Å². The van der Waals surface area contributed by atoms with E-state index in [4.69, 9.17) is 0 Å². The molecule has 0 unspecified atom stereocenters. The highest BCUT2D eigenvalue weighted by Gasteiger charge is 2.17. The number of anilines is 1. The highest BCUT2D eigenvalue weighted by molar-refractivity contribution is 7.17. The van der Waals surface area contributed by atoms with Gasteiger partial charge >= 0.3 is 0 Å². The molecule has 3 rings (SSSR count). The van der Waals surface area contributed by atoms with Crippen LogP contribution in [0.25, 0.3) is 10.1 Å². The van der Waals surface area contributed by atoms with E-state index in [0.29, 0.717) is 0 Å². The quantitative estimate of drug-likeness (QED) is 0.803. The second-order valence-corrected chi connectivity index (χ2v) is 5.45. The Hall–Kier alpha value is -1.06. The first-order valence-corrected chi connectivity index (χ1v) is 7.20. The molecule has 2 heterocycles. The third-order valence-corrected chi connectivity index (χ3v) is 4.57. The normalized spacial score (nSPS) is 17.8. The van der Waals surface area contributed by atoms with Crippen molar-refractivity contribution in [2.75, 3.05) is 37.6 Å². The molecule has 17 heavy (non-hydrogen) atoms. The van der Waals surface area contributed by atoms with Gasteiger partial charge in [0.05, 0.1) is 10.4 Å². The zero-order valence-corrected chi connectivity index (χ0v) is 11.0. The number of likely N-dealkylation sites (N-methyl/N-ethyl adjacent to an activating group) is 1. The molecule has 1 aliphatic heterocycles. The van der Waals surface area contributed by atoms with Gasteiger partial charge in [0, 0.05) is 26.2 Å². The summed E-state index contributed by atoms with van der Waals surface area (Å²) in [4.78, 5) is 5.05. The number of nitrogens with zero attached hydrogens (tertiary/aromatic N) is 2. The molecular formula is C14H18N2S. The van der Waals surface area contributed by atoms with Gasteiger partial charge in [-0.2, -0.15) is 0 Å². The van der Waals surface area contributed by atoms with Crippen molar-refractivity contribution in [3.05, 3.63) is 29.6 Å². The molecule has 0 aliphatic carbocycles. The van der Waals surface area contributed by atoms with Gasteiger partial charge in [-0.1, -0.05) is 19.1 Å². The fraction of sp³-hybridized carbons (Fsp3) is 0.429. The standard InChI is InChI=1S/C14H18N2S/c1-2-15-7-9-16(10-8-15)13-5-3-4-12-6-11-17-14(12)13/h3-6,11H,2,7-10H2,1H3. The molecule has 2 aromatic rings. The molecule has 1 fully saturated rings. The number of benzene rings is 1. The largest absolute Gasteiger partial charge is 0.368 e. The van der Waals surface area contributed by atoms with E-state index in [1.54, 1.807) is 0 Å². The first-order valence-electron chi connectivity index (χ1n) is 6.32. The van der Waals surface area contributed by atoms with Crippen LogP contribution in [-0.2, 0) is 0 Å². The Morgan fingerprint density at radius 2 is 1.94 bits per heavy atom. The minimum absolute atomic E-state index is 1.16. The number of hydrogen-bond donors (Lipinski definition) is 0. The van der Waals surface area contributed by atoms with Crippen molar-refractivity contribution in [1.82, 2.24) is 4.90 Å². The van der Waals surface area contributed by atoms with Gasteiger partial charge in [0.25, 0.3) is 0 Å². The minimum atomic E-state index is 1.16. The van der Waals surface area contributed by atoms with Crippen LogP contribution in [0.5, 0.6) is 0 Å². The summed E-state index contributed by atoms with van der Waals surface area (Å²) in [6.45, 7) is 8.12. The molecule has 1 saturated heterocycles. The third kappa shape index (κ3) is 2.05. The first-order chi connectivity index (χ1) is 8.38. The summed E-state index contributed by atoms with van der Waals surface area (Å²) >= 11 is 1.86. The first kappa shape index (κ1) is 11.1. The molecule has 3 heteroatoms. The molecule has 1 aromatic carbocycles. The highest BCUT2D eigenvalue weighted by Crippen LogP contribution is 2.31. The Bertz CT molecular complexity index is 498. The lowest BCUT2D eigenvalue weighted by Gasteiger charge is -2.35. The fourth-order valence-corrected chi connectivity index (χ4v) is 3.47. The van der Waals surface area contributed by atoms with E-state index in [2.05, 4.69) is 46.4 Å². The SMILES string of the molecule is CCN1CCN(c2cccc3ccsc23)CC1. The predicted molar refractivity (Wildman–Crippen MR) is 76.2 cm³/mol. The van der Waals surface area contributed by atoms with Crippen molar-refractivity contribution in [2.24, 2.45) is 0 Å². The Balaban J connectivity index is 1.87. The molecule has 0 amide bonds. The Morgan fingerprint density at radius 3 is 2.71 bits per heavy atom. The number of hydrogen-bond acceptors (Lipinski definition) is 3. The Labute approximate surface area is 106 Å². The molecular weight excluding hydrogens is 228 g/mol. The number of fused-ring (bicyclic) bond motifs is 1. The van der Waals surface area contributed by atoms with Crippen molar-refractivity contribution in [2.45, 2.75) is 6.92 Å². The van der Waals surface area contributed by atoms with Crippen molar-refractivity contribution in [3.8, 4) is 0 Å². The van der Waals surface area contributed by atoms with Crippen LogP contribution in [0.15, 0.2) is 29.6 Å². The van der Waals surface area contributed by atoms with Crippen LogP contribution in [0.2, 0.25) is 0 Å². The van der Waals surface area contributed by atoms with Gasteiger partial charge in [-0.25, -0.2) is 0 Å². The molecule has 90 valence electrons. The summed E-state index contributed by atoms with van der Waals surface area (Å²) in [6.07, 6.45) is 0. The van der Waals surface area contributed by atoms with E-state index in [0.717, 1.165) is 13.1 Å². The molecule has 0 spiro atoms. The summed E-state index contributed by atoms with van der Waals surface area (Å²) in [6, 6.07) is 8.86. The Kier molecular flexibility index (Phi) is 3.04. The predicted octanol–water partition coefficient (Wildman–Crippen LogP) is 3.04. The summed E-state index contributed by atoms with van der Waals surface area (Å²) in [5.74, 6) is 0. The highest BCUT2D eigenvalue weighted by atomic mass is 32.1. The molecule has 0 saturated carbocycles. The van der Waals surface area contributed by atoms with Gasteiger partial charge < -0.3 is 9.80 Å². The molecule has 1 aromatic heterocycles. The maximum atomic E-state index is 2.53. The van der Waals surface area contributed by atoms with Gasteiger partial charge in [0.2, 0.25) is 0 Å². The van der Waals surface area contributed by atoms with E-state index in [9.17, 15) is 0 Å². The van der Waals surface area contributed by atoms with E-state index in [1.165, 1.54) is 35.4 Å². The van der Waals surface area contributed by atoms with Crippen molar-refractivity contribution >= 4 is 27.1 Å². The van der Waals surface area contributed by atoms with Crippen LogP contribution >= 0.6 is 11.3 Å². The lowest BCUT2D eigenvalue weighted by Crippen LogP contribution is -2.46. The maximum absolute atomic E-state index is 2.53. The minimum Gasteiger partial charge on any atom is -0.368 e. The second-order valence-electron chi connectivity index (χ2n) is 4.54. The Morgan fingerprint density at radius 1 is 1.12 bits per heavy atom. The zero-order chi connectivity index (χ0) is 11.7. The van der Waals surface area contributed by atoms with Crippen LogP contribution in [0, 0.1) is 0 Å². The smallest absolute Gasteiger partial charge is 0.0576 e. The van der Waals surface area contributed by atoms with E-state index in [-0.39, 0.29) is 0 Å². The molecule has 0 atom stereocenters. The number of thiophene rings is 1. The summed E-state index contributed by atoms with van der Waals surface area (Å²) < 4.78 is 1.44. The van der Waals surface area contributed by atoms with Crippen LogP contribution in [0.4, 0.5) is 5.69 Å². The van der Waals surface area contributed by atoms with E-state index in [1.807, 2.05) is 11.3 Å². The summed E-state index contributed by atoms with van der Waals surface area (Å²) in [5.41, 5.74) is 1.42. The average Bonchev–Trinajstić information content (AvgIpc) is 2.87. The van der Waals surface area contributed by atoms with E-state index >= 15 is 0 Å². The van der Waals surface area contributed by atoms with Crippen molar-refractivity contribution < 1.29 is 0 Å². The maximum Gasteiger partial charge on any atom is 0.0576 e. The summed E-state index contributed by atoms with van der Waals surface area (Å²) in [5, 5.41) is 3.57. The average molecular weight is 246 g/mol. The lowest BCUT2D eigenvalue weighted by atomic mass is 10.2. The van der Waals surface area contributed by atoms with Crippen LogP contribution < -0.4 is 4.90 Å². The third-order valence-electron chi connectivity index (χ3n) is 3.62. The van der Waals surface area contributed by atoms with Gasteiger partial charge in [0.15, 0.2) is 0 Å². The van der Waals surface area contributed by atoms with Crippen LogP contribution in [-0.4, -0.2) is 37.6 Å². The molecule has 0 bridgehead atoms. The van der Waals surface area contributed by atoms with E-state index < -0.39 is 0 Å². The van der Waals surface area contributed by atoms with Crippen LogP contribution in [0.3, 0.4) is 0 Å². The molecule has 1 aliphatic rings. The monoisotopic (exact) mass is 246 g/mol. The lowest BCUT2D eigenvalue weighted by molar-refractivity contribution is 0.271. The van der Waals surface area contributed by atoms with Gasteiger partial charge in [-0.05, 0) is 29.4 Å². The number of rotatable bonds is 2. The van der Waals surface area contributed by atoms with Gasteiger partial charge in [-0.3, -0.25) is 0 Å². The number of piperazine rings is 1. The fourth-order valence-electron chi connectivity index (χ4n) is 2.53. The van der Waals surface area contributed by atoms with Crippen LogP contribution in [0.1, 0.15) is 6.92 Å². The van der Waals surface area contributed by atoms with Crippen molar-refractivity contribution in [1.29, 1.82) is 0 Å². The zero-order valence-electron chi connectivity index (χ0n) is 10.2. The summed E-state index contributed by atoms with van der Waals surface area (Å²) in [7, 11) is 0. The topological polar surface area (TPSA) is 6.48 Å². The molecule has 0 N–H and O–H groups in total. The van der Waals surface area contributed by atoms with Gasteiger partial charge in [-0.15, -0.1) is 11.3 Å². The molecule has 2 nitrogen and oxygen atoms in total. The van der Waals surface area contributed by atoms with Gasteiger partial charge in [0.1, 0.15) is 0 Å². The second kappa shape index (κ2) is 4.67. The molecule has 0 radical (unpaired) electrons.